The molecule has 1 amide bonds. The van der Waals surface area contributed by atoms with E-state index in [1.54, 1.807) is 47.4 Å². The van der Waals surface area contributed by atoms with Crippen LogP contribution in [0.15, 0.2) is 59.0 Å². The van der Waals surface area contributed by atoms with Crippen molar-refractivity contribution in [1.29, 1.82) is 0 Å². The van der Waals surface area contributed by atoms with Crippen molar-refractivity contribution in [2.75, 3.05) is 11.5 Å². The lowest BCUT2D eigenvalue weighted by atomic mass is 10.1. The standard InChI is InChI=1S/C23H21Cl2NO4S/c1-15-3-2-4-16(11-15)23(27)26(18-9-10-31(28,29)14-18)13-19-6-8-22(30-19)20-12-17(24)5-7-21(20)25/h2-8,11-12,18H,9-10,13-14H2,1H3/t18-/m1/s1. The highest BCUT2D eigenvalue weighted by atomic mass is 35.5. The second-order valence-electron chi connectivity index (χ2n) is 7.75. The topological polar surface area (TPSA) is 67.6 Å². The molecule has 0 saturated carbocycles. The van der Waals surface area contributed by atoms with Crippen molar-refractivity contribution in [3.63, 3.8) is 0 Å². The number of amides is 1. The van der Waals surface area contributed by atoms with Gasteiger partial charge in [-0.2, -0.15) is 0 Å². The Morgan fingerprint density at radius 1 is 1.13 bits per heavy atom. The van der Waals surface area contributed by atoms with Crippen molar-refractivity contribution >= 4 is 38.9 Å². The molecular weight excluding hydrogens is 457 g/mol. The summed E-state index contributed by atoms with van der Waals surface area (Å²) >= 11 is 12.4. The lowest BCUT2D eigenvalue weighted by Crippen LogP contribution is -2.40. The zero-order valence-electron chi connectivity index (χ0n) is 16.8. The van der Waals surface area contributed by atoms with Crippen molar-refractivity contribution in [2.45, 2.75) is 25.9 Å². The summed E-state index contributed by atoms with van der Waals surface area (Å²) in [5.41, 5.74) is 2.13. The first kappa shape index (κ1) is 21.9. The van der Waals surface area contributed by atoms with Gasteiger partial charge in [-0.05, 0) is 55.8 Å². The fourth-order valence-electron chi connectivity index (χ4n) is 3.79. The minimum absolute atomic E-state index is 0.0434. The molecule has 2 heterocycles. The average Bonchev–Trinajstić information content (AvgIpc) is 3.33. The maximum atomic E-state index is 13.3. The number of rotatable bonds is 5. The van der Waals surface area contributed by atoms with Crippen molar-refractivity contribution in [3.05, 3.63) is 81.5 Å². The van der Waals surface area contributed by atoms with Gasteiger partial charge in [-0.1, -0.05) is 40.9 Å². The summed E-state index contributed by atoms with van der Waals surface area (Å²) in [6.07, 6.45) is 0.410. The molecule has 0 radical (unpaired) electrons. The summed E-state index contributed by atoms with van der Waals surface area (Å²) in [7, 11) is -3.16. The molecule has 0 N–H and O–H groups in total. The van der Waals surface area contributed by atoms with Gasteiger partial charge in [0.1, 0.15) is 11.5 Å². The van der Waals surface area contributed by atoms with E-state index in [2.05, 4.69) is 0 Å². The van der Waals surface area contributed by atoms with E-state index < -0.39 is 15.9 Å². The summed E-state index contributed by atoms with van der Waals surface area (Å²) < 4.78 is 30.1. The number of nitrogens with zero attached hydrogens (tertiary/aromatic N) is 1. The fraction of sp³-hybridized carbons (Fsp3) is 0.261. The van der Waals surface area contributed by atoms with E-state index in [9.17, 15) is 13.2 Å². The Bertz CT molecular complexity index is 1240. The highest BCUT2D eigenvalue weighted by Crippen LogP contribution is 2.32. The first-order valence-corrected chi connectivity index (χ1v) is 12.4. The number of carbonyl (C=O) groups is 1. The van der Waals surface area contributed by atoms with Crippen molar-refractivity contribution in [3.8, 4) is 11.3 Å². The Morgan fingerprint density at radius 3 is 2.65 bits per heavy atom. The number of aryl methyl sites for hydroxylation is 1. The summed E-state index contributed by atoms with van der Waals surface area (Å²) in [4.78, 5) is 14.9. The predicted octanol–water partition coefficient (Wildman–Crippen LogP) is 5.39. The molecule has 1 saturated heterocycles. The molecule has 1 aliphatic heterocycles. The van der Waals surface area contributed by atoms with Crippen LogP contribution in [0.25, 0.3) is 11.3 Å². The van der Waals surface area contributed by atoms with Gasteiger partial charge in [-0.25, -0.2) is 8.42 Å². The van der Waals surface area contributed by atoms with Crippen LogP contribution in [0.5, 0.6) is 0 Å². The Kier molecular flexibility index (Phi) is 6.15. The molecule has 8 heteroatoms. The third kappa shape index (κ3) is 4.97. The van der Waals surface area contributed by atoms with E-state index in [0.717, 1.165) is 5.56 Å². The van der Waals surface area contributed by atoms with Gasteiger partial charge in [0.2, 0.25) is 0 Å². The summed E-state index contributed by atoms with van der Waals surface area (Å²) in [6, 6.07) is 15.5. The van der Waals surface area contributed by atoms with Gasteiger partial charge >= 0.3 is 0 Å². The second-order valence-corrected chi connectivity index (χ2v) is 10.8. The molecule has 31 heavy (non-hydrogen) atoms. The third-order valence-electron chi connectivity index (χ3n) is 5.36. The lowest BCUT2D eigenvalue weighted by Gasteiger charge is -2.27. The highest BCUT2D eigenvalue weighted by Gasteiger charge is 2.35. The van der Waals surface area contributed by atoms with Crippen LogP contribution < -0.4 is 0 Å². The molecule has 0 bridgehead atoms. The van der Waals surface area contributed by atoms with E-state index in [-0.39, 0.29) is 24.0 Å². The van der Waals surface area contributed by atoms with E-state index in [1.165, 1.54) is 0 Å². The second kappa shape index (κ2) is 8.69. The number of benzene rings is 2. The molecule has 3 aromatic rings. The third-order valence-corrected chi connectivity index (χ3v) is 7.67. The van der Waals surface area contributed by atoms with Gasteiger partial charge in [0.05, 0.1) is 23.1 Å². The molecule has 0 spiro atoms. The Labute approximate surface area is 191 Å². The number of carbonyl (C=O) groups excluding carboxylic acids is 1. The van der Waals surface area contributed by atoms with Crippen molar-refractivity contribution in [1.82, 2.24) is 4.90 Å². The van der Waals surface area contributed by atoms with E-state index >= 15 is 0 Å². The van der Waals surface area contributed by atoms with Crippen LogP contribution in [-0.4, -0.2) is 36.8 Å². The van der Waals surface area contributed by atoms with Gasteiger partial charge in [0.25, 0.3) is 5.91 Å². The normalized spacial score (nSPS) is 17.6. The fourth-order valence-corrected chi connectivity index (χ4v) is 5.91. The minimum atomic E-state index is -3.16. The number of halogens is 2. The van der Waals surface area contributed by atoms with E-state index in [0.29, 0.717) is 39.1 Å². The number of furan rings is 1. The van der Waals surface area contributed by atoms with Gasteiger partial charge in [-0.15, -0.1) is 0 Å². The van der Waals surface area contributed by atoms with Crippen LogP contribution in [0.3, 0.4) is 0 Å². The molecule has 0 aliphatic carbocycles. The van der Waals surface area contributed by atoms with Gasteiger partial charge in [-0.3, -0.25) is 4.79 Å². The van der Waals surface area contributed by atoms with Crippen LogP contribution in [0.1, 0.15) is 28.1 Å². The SMILES string of the molecule is Cc1cccc(C(=O)N(Cc2ccc(-c3cc(Cl)ccc3Cl)o2)[C@@H]2CCS(=O)(=O)C2)c1. The summed E-state index contributed by atoms with van der Waals surface area (Å²) in [5, 5.41) is 1.03. The molecule has 162 valence electrons. The molecule has 1 fully saturated rings. The number of hydrogen-bond acceptors (Lipinski definition) is 4. The average molecular weight is 478 g/mol. The van der Waals surface area contributed by atoms with Crippen LogP contribution in [-0.2, 0) is 16.4 Å². The van der Waals surface area contributed by atoms with Crippen LogP contribution in [0, 0.1) is 6.92 Å². The van der Waals surface area contributed by atoms with E-state index in [1.807, 2.05) is 19.1 Å². The predicted molar refractivity (Wildman–Crippen MR) is 122 cm³/mol. The quantitative estimate of drug-likeness (QED) is 0.493. The molecule has 5 nitrogen and oxygen atoms in total. The smallest absolute Gasteiger partial charge is 0.254 e. The molecule has 1 atom stereocenters. The van der Waals surface area contributed by atoms with Crippen LogP contribution in [0.4, 0.5) is 0 Å². The largest absolute Gasteiger partial charge is 0.459 e. The van der Waals surface area contributed by atoms with Crippen LogP contribution >= 0.6 is 23.2 Å². The van der Waals surface area contributed by atoms with E-state index in [4.69, 9.17) is 27.6 Å². The monoisotopic (exact) mass is 477 g/mol. The number of hydrogen-bond donors (Lipinski definition) is 0. The summed E-state index contributed by atoms with van der Waals surface area (Å²) in [6.45, 7) is 2.07. The van der Waals surface area contributed by atoms with Gasteiger partial charge in [0, 0.05) is 22.2 Å². The zero-order valence-corrected chi connectivity index (χ0v) is 19.2. The zero-order chi connectivity index (χ0) is 22.2. The minimum Gasteiger partial charge on any atom is -0.459 e. The Balaban J connectivity index is 1.64. The van der Waals surface area contributed by atoms with Gasteiger partial charge in [0.15, 0.2) is 9.84 Å². The molecule has 1 aromatic heterocycles. The highest BCUT2D eigenvalue weighted by molar-refractivity contribution is 7.91. The van der Waals surface area contributed by atoms with Gasteiger partial charge < -0.3 is 9.32 Å². The first-order chi connectivity index (χ1) is 14.7. The van der Waals surface area contributed by atoms with Crippen LogP contribution in [0.2, 0.25) is 10.0 Å². The Hall–Kier alpha value is -2.28. The van der Waals surface area contributed by atoms with Crippen molar-refractivity contribution in [2.24, 2.45) is 0 Å². The molecule has 4 rings (SSSR count). The summed E-state index contributed by atoms with van der Waals surface area (Å²) in [5.74, 6) is 0.889. The Morgan fingerprint density at radius 2 is 1.94 bits per heavy atom. The first-order valence-electron chi connectivity index (χ1n) is 9.84. The molecule has 2 aromatic carbocycles. The molecule has 1 aliphatic rings. The maximum Gasteiger partial charge on any atom is 0.254 e. The number of sulfone groups is 1. The lowest BCUT2D eigenvalue weighted by molar-refractivity contribution is 0.0666. The molecular formula is C23H21Cl2NO4S. The maximum absolute atomic E-state index is 13.3. The molecule has 0 unspecified atom stereocenters. The van der Waals surface area contributed by atoms with Crippen molar-refractivity contribution < 1.29 is 17.6 Å².